The zero-order chi connectivity index (χ0) is 21.0. The van der Waals surface area contributed by atoms with Crippen LogP contribution in [0.5, 0.6) is 5.75 Å². The molecule has 1 aliphatic carbocycles. The van der Waals surface area contributed by atoms with Crippen LogP contribution in [0.25, 0.3) is 0 Å². The van der Waals surface area contributed by atoms with Gasteiger partial charge in [-0.25, -0.2) is 4.98 Å². The Morgan fingerprint density at radius 2 is 1.77 bits per heavy atom. The first-order valence-corrected chi connectivity index (χ1v) is 10.7. The second-order valence-corrected chi connectivity index (χ2v) is 7.95. The quantitative estimate of drug-likeness (QED) is 0.404. The number of rotatable bonds is 6. The molecule has 154 valence electrons. The minimum atomic E-state index is -0.164. The largest absolute Gasteiger partial charge is 0.484 e. The number of ketones is 1. The lowest BCUT2D eigenvalue weighted by molar-refractivity contribution is 0.0969. The summed E-state index contributed by atoms with van der Waals surface area (Å²) in [6, 6.07) is 26.6. The third kappa shape index (κ3) is 4.15. The van der Waals surface area contributed by atoms with E-state index in [9.17, 15) is 4.79 Å². The molecule has 0 amide bonds. The summed E-state index contributed by atoms with van der Waals surface area (Å²) in [5.41, 5.74) is 4.23. The second kappa shape index (κ2) is 8.60. The van der Waals surface area contributed by atoms with Gasteiger partial charge in [-0.05, 0) is 41.3 Å². The molecule has 1 aliphatic rings. The summed E-state index contributed by atoms with van der Waals surface area (Å²) in [5, 5.41) is 0. The van der Waals surface area contributed by atoms with Gasteiger partial charge in [0.05, 0.1) is 12.9 Å². The molecule has 4 aromatic rings. The lowest BCUT2D eigenvalue weighted by Crippen LogP contribution is -2.18. The van der Waals surface area contributed by atoms with E-state index < -0.39 is 0 Å². The average molecular weight is 409 g/mol. The Hall–Kier alpha value is -3.66. The van der Waals surface area contributed by atoms with Crippen LogP contribution in [0, 0.1) is 0 Å². The first-order chi connectivity index (χ1) is 15.3. The Morgan fingerprint density at radius 3 is 2.52 bits per heavy atom. The summed E-state index contributed by atoms with van der Waals surface area (Å²) in [7, 11) is 0. The Bertz CT molecular complexity index is 1150. The topological polar surface area (TPSA) is 44.1 Å². The molecule has 2 atom stereocenters. The highest BCUT2D eigenvalue weighted by molar-refractivity contribution is 5.99. The van der Waals surface area contributed by atoms with Crippen molar-refractivity contribution in [2.75, 3.05) is 0 Å². The second-order valence-electron chi connectivity index (χ2n) is 7.95. The van der Waals surface area contributed by atoms with Crippen LogP contribution in [0.15, 0.2) is 97.6 Å². The van der Waals surface area contributed by atoms with Gasteiger partial charge in [-0.1, -0.05) is 60.7 Å². The Morgan fingerprint density at radius 1 is 1.00 bits per heavy atom. The normalized spacial score (nSPS) is 16.5. The molecule has 0 N–H and O–H groups in total. The predicted molar refractivity (Wildman–Crippen MR) is 120 cm³/mol. The third-order valence-electron chi connectivity index (χ3n) is 5.95. The molecule has 0 bridgehead atoms. The van der Waals surface area contributed by atoms with Crippen molar-refractivity contribution in [3.8, 4) is 5.75 Å². The van der Waals surface area contributed by atoms with E-state index in [-0.39, 0.29) is 17.8 Å². The highest BCUT2D eigenvalue weighted by atomic mass is 16.5. The molecule has 5 rings (SSSR count). The van der Waals surface area contributed by atoms with Crippen molar-refractivity contribution in [2.24, 2.45) is 0 Å². The average Bonchev–Trinajstić information content (AvgIpc) is 3.33. The molecule has 0 radical (unpaired) electrons. The lowest BCUT2D eigenvalue weighted by Gasteiger charge is -2.27. The number of carbonyl (C=O) groups is 1. The van der Waals surface area contributed by atoms with Gasteiger partial charge in [-0.15, -0.1) is 0 Å². The molecule has 0 spiro atoms. The number of benzene rings is 3. The Kier molecular flexibility index (Phi) is 5.36. The predicted octanol–water partition coefficient (Wildman–Crippen LogP) is 5.81. The Labute approximate surface area is 182 Å². The maximum atomic E-state index is 12.6. The fraction of sp³-hybridized carbons (Fsp3) is 0.185. The van der Waals surface area contributed by atoms with E-state index in [0.717, 1.165) is 28.9 Å². The van der Waals surface area contributed by atoms with Crippen molar-refractivity contribution >= 4 is 5.78 Å². The van der Waals surface area contributed by atoms with Gasteiger partial charge in [-0.3, -0.25) is 4.79 Å². The number of nitrogens with zero attached hydrogens (tertiary/aromatic N) is 2. The maximum Gasteiger partial charge on any atom is 0.163 e. The van der Waals surface area contributed by atoms with Gasteiger partial charge in [-0.2, -0.15) is 0 Å². The van der Waals surface area contributed by atoms with Crippen LogP contribution in [0.4, 0.5) is 0 Å². The fourth-order valence-corrected chi connectivity index (χ4v) is 4.38. The van der Waals surface area contributed by atoms with Crippen molar-refractivity contribution in [2.45, 2.75) is 31.4 Å². The number of ether oxygens (including phenoxy) is 1. The molecule has 1 unspecified atom stereocenters. The molecular formula is C27H24N2O2. The highest BCUT2D eigenvalue weighted by Gasteiger charge is 2.27. The molecular weight excluding hydrogens is 384 g/mol. The minimum Gasteiger partial charge on any atom is -0.484 e. The number of Topliss-reactive ketones (excluding diaryl/α,β-unsaturated/α-hetero) is 1. The molecule has 4 heteroatoms. The van der Waals surface area contributed by atoms with Gasteiger partial charge in [0.2, 0.25) is 0 Å². The number of hydrogen-bond donors (Lipinski definition) is 0. The molecule has 31 heavy (non-hydrogen) atoms. The summed E-state index contributed by atoms with van der Waals surface area (Å²) in [5.74, 6) is 1.20. The molecule has 1 aromatic heterocycles. The molecule has 0 saturated heterocycles. The zero-order valence-corrected chi connectivity index (χ0v) is 17.2. The molecule has 0 saturated carbocycles. The van der Waals surface area contributed by atoms with Crippen molar-refractivity contribution < 1.29 is 9.53 Å². The number of fused-ring (bicyclic) bond motifs is 1. The summed E-state index contributed by atoms with van der Waals surface area (Å²) < 4.78 is 8.52. The van der Waals surface area contributed by atoms with Crippen LogP contribution < -0.4 is 4.74 Å². The van der Waals surface area contributed by atoms with Gasteiger partial charge >= 0.3 is 0 Å². The van der Waals surface area contributed by atoms with Gasteiger partial charge in [0.15, 0.2) is 5.78 Å². The first kappa shape index (κ1) is 19.3. The number of carbonyl (C=O) groups excluding carboxylic acids is 1. The van der Waals surface area contributed by atoms with Crippen LogP contribution in [0.1, 0.15) is 51.9 Å². The van der Waals surface area contributed by atoms with E-state index >= 15 is 0 Å². The third-order valence-corrected chi connectivity index (χ3v) is 5.95. The van der Waals surface area contributed by atoms with E-state index in [0.29, 0.717) is 13.0 Å². The number of aromatic nitrogens is 2. The van der Waals surface area contributed by atoms with Gasteiger partial charge in [0.25, 0.3) is 0 Å². The van der Waals surface area contributed by atoms with E-state index in [1.807, 2.05) is 47.2 Å². The summed E-state index contributed by atoms with van der Waals surface area (Å²) in [6.45, 7) is 0.655. The molecule has 0 aliphatic heterocycles. The first-order valence-electron chi connectivity index (χ1n) is 10.7. The number of imidazole rings is 1. The molecule has 3 aromatic carbocycles. The zero-order valence-electron chi connectivity index (χ0n) is 17.2. The van der Waals surface area contributed by atoms with E-state index in [4.69, 9.17) is 4.74 Å². The summed E-state index contributed by atoms with van der Waals surface area (Å²) in [4.78, 5) is 16.7. The highest BCUT2D eigenvalue weighted by Crippen LogP contribution is 2.39. The van der Waals surface area contributed by atoms with E-state index in [1.54, 1.807) is 12.5 Å². The van der Waals surface area contributed by atoms with Crippen molar-refractivity contribution in [3.05, 3.63) is 120 Å². The van der Waals surface area contributed by atoms with E-state index in [2.05, 4.69) is 47.4 Å². The van der Waals surface area contributed by atoms with Crippen LogP contribution in [0.3, 0.4) is 0 Å². The van der Waals surface area contributed by atoms with Crippen LogP contribution >= 0.6 is 0 Å². The minimum absolute atomic E-state index is 0.164. The molecule has 0 fully saturated rings. The van der Waals surface area contributed by atoms with Crippen LogP contribution in [-0.2, 0) is 6.54 Å². The SMILES string of the molecule is O=C1CCC(c2ccccc2)c2cc(O[C@H](Cn3ccnc3)c3ccccc3)ccc21. The van der Waals surface area contributed by atoms with Crippen molar-refractivity contribution in [3.63, 3.8) is 0 Å². The van der Waals surface area contributed by atoms with E-state index in [1.165, 1.54) is 5.56 Å². The maximum absolute atomic E-state index is 12.6. The number of hydrogen-bond acceptors (Lipinski definition) is 3. The van der Waals surface area contributed by atoms with Crippen molar-refractivity contribution in [1.29, 1.82) is 0 Å². The van der Waals surface area contributed by atoms with Crippen LogP contribution in [0.2, 0.25) is 0 Å². The lowest BCUT2D eigenvalue weighted by atomic mass is 9.78. The molecule has 4 nitrogen and oxygen atoms in total. The van der Waals surface area contributed by atoms with Gasteiger partial charge in [0, 0.05) is 30.3 Å². The smallest absolute Gasteiger partial charge is 0.163 e. The van der Waals surface area contributed by atoms with Gasteiger partial charge in [0.1, 0.15) is 11.9 Å². The van der Waals surface area contributed by atoms with Crippen molar-refractivity contribution in [1.82, 2.24) is 9.55 Å². The Balaban J connectivity index is 1.49. The van der Waals surface area contributed by atoms with Crippen LogP contribution in [-0.4, -0.2) is 15.3 Å². The summed E-state index contributed by atoms with van der Waals surface area (Å²) in [6.07, 6.45) is 6.77. The molecule has 1 heterocycles. The van der Waals surface area contributed by atoms with Gasteiger partial charge < -0.3 is 9.30 Å². The fourth-order valence-electron chi connectivity index (χ4n) is 4.38. The summed E-state index contributed by atoms with van der Waals surface area (Å²) >= 11 is 0. The standard InChI is InChI=1S/C27H24N2O2/c30-26-14-13-23(20-7-3-1-4-8-20)25-17-22(11-12-24(25)26)31-27(18-29-16-15-28-19-29)21-9-5-2-6-10-21/h1-12,15-17,19,23,27H,13-14,18H2/t23?,27-/m1/s1. The monoisotopic (exact) mass is 408 g/mol.